The van der Waals surface area contributed by atoms with Gasteiger partial charge in [-0.25, -0.2) is 9.18 Å². The zero-order valence-electron chi connectivity index (χ0n) is 10.4. The smallest absolute Gasteiger partial charge is 0.330 e. The molecule has 0 atom stereocenters. The molecule has 1 aliphatic heterocycles. The van der Waals surface area contributed by atoms with Crippen LogP contribution in [0, 0.1) is 5.82 Å². The van der Waals surface area contributed by atoms with Crippen LogP contribution in [0.2, 0.25) is 0 Å². The van der Waals surface area contributed by atoms with Gasteiger partial charge in [0.1, 0.15) is 12.1 Å². The maximum atomic E-state index is 13.5. The van der Waals surface area contributed by atoms with Gasteiger partial charge in [-0.1, -0.05) is 24.3 Å². The molecule has 3 rings (SSSR count). The number of carbonyl (C=O) groups excluding carboxylic acids is 1. The van der Waals surface area contributed by atoms with Crippen LogP contribution in [0.4, 0.5) is 20.6 Å². The maximum absolute atomic E-state index is 13.5. The number of fused-ring (bicyclic) bond motifs is 1. The number of anilines is 2. The molecule has 0 radical (unpaired) electrons. The Labute approximate surface area is 115 Å². The van der Waals surface area contributed by atoms with Gasteiger partial charge in [-0.15, -0.1) is 0 Å². The first-order valence-corrected chi connectivity index (χ1v) is 6.03. The molecule has 0 unspecified atom stereocenters. The number of ether oxygens (including phenoxy) is 1. The highest BCUT2D eigenvalue weighted by molar-refractivity contribution is 6.04. The van der Waals surface area contributed by atoms with Crippen LogP contribution in [-0.2, 0) is 0 Å². The first-order chi connectivity index (χ1) is 9.75. The largest absolute Gasteiger partial charge is 0.461 e. The first-order valence-electron chi connectivity index (χ1n) is 6.03. The molecule has 100 valence electrons. The number of rotatable bonds is 1. The van der Waals surface area contributed by atoms with Gasteiger partial charge >= 0.3 is 6.03 Å². The number of benzene rings is 2. The van der Waals surface area contributed by atoms with Crippen LogP contribution in [0.3, 0.4) is 0 Å². The fourth-order valence-corrected chi connectivity index (χ4v) is 1.92. The summed E-state index contributed by atoms with van der Waals surface area (Å²) in [4.78, 5) is 13.6. The van der Waals surface area contributed by atoms with Gasteiger partial charge in [0, 0.05) is 6.20 Å². The number of nitrogens with one attached hydrogen (secondary N) is 1. The maximum Gasteiger partial charge on any atom is 0.330 e. The third-order valence-electron chi connectivity index (χ3n) is 2.86. The lowest BCUT2D eigenvalue weighted by atomic mass is 10.2. The Morgan fingerprint density at radius 1 is 1.10 bits per heavy atom. The Bertz CT molecular complexity index is 685. The van der Waals surface area contributed by atoms with Crippen molar-refractivity contribution in [1.29, 1.82) is 0 Å². The predicted molar refractivity (Wildman–Crippen MR) is 74.1 cm³/mol. The molecule has 2 aromatic rings. The fourth-order valence-electron chi connectivity index (χ4n) is 1.92. The van der Waals surface area contributed by atoms with Crippen LogP contribution in [0.25, 0.3) is 0 Å². The third kappa shape index (κ3) is 2.21. The number of hydrogen-bond acceptors (Lipinski definition) is 2. The average Bonchev–Trinajstić information content (AvgIpc) is 2.49. The van der Waals surface area contributed by atoms with E-state index < -0.39 is 11.8 Å². The summed E-state index contributed by atoms with van der Waals surface area (Å²) in [6, 6.07) is 12.7. The molecule has 0 aliphatic carbocycles. The lowest BCUT2D eigenvalue weighted by Gasteiger charge is -2.24. The van der Waals surface area contributed by atoms with Crippen molar-refractivity contribution in [1.82, 2.24) is 0 Å². The van der Waals surface area contributed by atoms with Gasteiger partial charge in [0.15, 0.2) is 5.75 Å². The number of urea groups is 1. The minimum Gasteiger partial charge on any atom is -0.461 e. The van der Waals surface area contributed by atoms with Crippen molar-refractivity contribution >= 4 is 17.4 Å². The predicted octanol–water partition coefficient (Wildman–Crippen LogP) is 3.73. The Kier molecular flexibility index (Phi) is 3.09. The van der Waals surface area contributed by atoms with Crippen LogP contribution in [0.5, 0.6) is 5.75 Å². The normalized spacial score (nSPS) is 12.6. The molecule has 2 amide bonds. The molecule has 0 spiro atoms. The summed E-state index contributed by atoms with van der Waals surface area (Å²) in [7, 11) is 0. The summed E-state index contributed by atoms with van der Waals surface area (Å²) < 4.78 is 18.8. The van der Waals surface area contributed by atoms with Crippen LogP contribution < -0.4 is 15.0 Å². The minimum atomic E-state index is -0.480. The second kappa shape index (κ2) is 5.05. The Morgan fingerprint density at radius 2 is 1.85 bits per heavy atom. The topological polar surface area (TPSA) is 41.6 Å². The highest BCUT2D eigenvalue weighted by atomic mass is 19.1. The van der Waals surface area contributed by atoms with E-state index in [-0.39, 0.29) is 5.69 Å². The number of halogens is 1. The zero-order chi connectivity index (χ0) is 13.9. The molecule has 4 nitrogen and oxygen atoms in total. The van der Waals surface area contributed by atoms with E-state index >= 15 is 0 Å². The van der Waals surface area contributed by atoms with E-state index in [1.807, 2.05) is 6.07 Å². The lowest BCUT2D eigenvalue weighted by molar-refractivity contribution is 0.258. The fraction of sp³-hybridized carbons (Fsp3) is 0. The third-order valence-corrected chi connectivity index (χ3v) is 2.86. The standard InChI is InChI=1S/C15H11FN2O2/c16-11-5-1-2-6-12(11)17-15(19)18-9-10-20-14-8-4-3-7-13(14)18/h1-10H,(H,17,19). The Morgan fingerprint density at radius 3 is 2.70 bits per heavy atom. The molecule has 0 saturated carbocycles. The Hall–Kier alpha value is -2.82. The summed E-state index contributed by atoms with van der Waals surface area (Å²) in [6.07, 6.45) is 2.89. The summed E-state index contributed by atoms with van der Waals surface area (Å²) >= 11 is 0. The molecule has 20 heavy (non-hydrogen) atoms. The molecular weight excluding hydrogens is 259 g/mol. The molecular formula is C15H11FN2O2. The van der Waals surface area contributed by atoms with E-state index in [9.17, 15) is 9.18 Å². The molecule has 0 fully saturated rings. The van der Waals surface area contributed by atoms with Crippen molar-refractivity contribution < 1.29 is 13.9 Å². The van der Waals surface area contributed by atoms with Crippen LogP contribution in [0.15, 0.2) is 61.0 Å². The second-order valence-electron chi connectivity index (χ2n) is 4.15. The van der Waals surface area contributed by atoms with E-state index in [4.69, 9.17) is 4.74 Å². The summed E-state index contributed by atoms with van der Waals surface area (Å²) in [5, 5.41) is 2.53. The number of para-hydroxylation sites is 3. The van der Waals surface area contributed by atoms with Crippen molar-refractivity contribution in [3.63, 3.8) is 0 Å². The van der Waals surface area contributed by atoms with Crippen molar-refractivity contribution in [3.05, 3.63) is 66.8 Å². The van der Waals surface area contributed by atoms with Gasteiger partial charge in [-0.2, -0.15) is 0 Å². The molecule has 2 aromatic carbocycles. The van der Waals surface area contributed by atoms with Gasteiger partial charge in [-0.05, 0) is 24.3 Å². The number of amides is 2. The van der Waals surface area contributed by atoms with Crippen molar-refractivity contribution in [3.8, 4) is 5.75 Å². The molecule has 5 heteroatoms. The lowest BCUT2D eigenvalue weighted by Crippen LogP contribution is -2.32. The number of carbonyl (C=O) groups is 1. The zero-order valence-corrected chi connectivity index (χ0v) is 10.4. The van der Waals surface area contributed by atoms with E-state index in [0.717, 1.165) is 0 Å². The van der Waals surface area contributed by atoms with Crippen molar-refractivity contribution in [2.45, 2.75) is 0 Å². The second-order valence-corrected chi connectivity index (χ2v) is 4.15. The molecule has 1 aliphatic rings. The van der Waals surface area contributed by atoms with Gasteiger partial charge in [0.25, 0.3) is 0 Å². The quantitative estimate of drug-likeness (QED) is 0.857. The van der Waals surface area contributed by atoms with Crippen LogP contribution in [0.1, 0.15) is 0 Å². The highest BCUT2D eigenvalue weighted by Crippen LogP contribution is 2.31. The number of hydrogen-bond donors (Lipinski definition) is 1. The van der Waals surface area contributed by atoms with E-state index in [1.54, 1.807) is 30.3 Å². The van der Waals surface area contributed by atoms with Gasteiger partial charge in [0.2, 0.25) is 0 Å². The van der Waals surface area contributed by atoms with E-state index in [0.29, 0.717) is 11.4 Å². The first kappa shape index (κ1) is 12.2. The summed E-state index contributed by atoms with van der Waals surface area (Å²) in [6.45, 7) is 0. The monoisotopic (exact) mass is 270 g/mol. The molecule has 1 heterocycles. The number of nitrogens with zero attached hydrogens (tertiary/aromatic N) is 1. The minimum absolute atomic E-state index is 0.134. The average molecular weight is 270 g/mol. The van der Waals surface area contributed by atoms with Gasteiger partial charge < -0.3 is 10.1 Å². The van der Waals surface area contributed by atoms with Crippen molar-refractivity contribution in [2.75, 3.05) is 10.2 Å². The van der Waals surface area contributed by atoms with Crippen LogP contribution >= 0.6 is 0 Å². The molecule has 0 saturated heterocycles. The van der Waals surface area contributed by atoms with Gasteiger partial charge in [-0.3, -0.25) is 4.90 Å². The van der Waals surface area contributed by atoms with E-state index in [2.05, 4.69) is 5.32 Å². The molecule has 0 bridgehead atoms. The highest BCUT2D eigenvalue weighted by Gasteiger charge is 2.20. The summed E-state index contributed by atoms with van der Waals surface area (Å²) in [5.74, 6) is 0.0880. The molecule has 1 N–H and O–H groups in total. The van der Waals surface area contributed by atoms with Crippen molar-refractivity contribution in [2.24, 2.45) is 0 Å². The molecule has 0 aromatic heterocycles. The van der Waals surface area contributed by atoms with Gasteiger partial charge in [0.05, 0.1) is 11.4 Å². The Balaban J connectivity index is 1.86. The van der Waals surface area contributed by atoms with Crippen LogP contribution in [-0.4, -0.2) is 6.03 Å². The summed E-state index contributed by atoms with van der Waals surface area (Å²) in [5.41, 5.74) is 0.735. The SMILES string of the molecule is O=C(Nc1ccccc1F)N1C=COc2ccccc21. The van der Waals surface area contributed by atoms with E-state index in [1.165, 1.54) is 29.5 Å².